The highest BCUT2D eigenvalue weighted by Gasteiger charge is 2.36. The van der Waals surface area contributed by atoms with E-state index in [1.165, 1.54) is 6.07 Å². The fourth-order valence-electron chi connectivity index (χ4n) is 3.90. The topological polar surface area (TPSA) is 53.1 Å². The third kappa shape index (κ3) is 4.84. The first-order valence-corrected chi connectivity index (χ1v) is 9.63. The van der Waals surface area contributed by atoms with Gasteiger partial charge in [-0.2, -0.15) is 0 Å². The highest BCUT2D eigenvalue weighted by molar-refractivity contribution is 5.84. The minimum absolute atomic E-state index is 0.0542. The van der Waals surface area contributed by atoms with E-state index in [0.29, 0.717) is 38.3 Å². The van der Waals surface area contributed by atoms with E-state index < -0.39 is 0 Å². The fourth-order valence-corrected chi connectivity index (χ4v) is 3.90. The van der Waals surface area contributed by atoms with Gasteiger partial charge in [0.2, 0.25) is 11.8 Å². The molecule has 2 heterocycles. The second-order valence-electron chi connectivity index (χ2n) is 7.16. The summed E-state index contributed by atoms with van der Waals surface area (Å²) in [4.78, 5) is 31.1. The number of hydrogen-bond acceptors (Lipinski definition) is 4. The Hall–Kier alpha value is -1.99. The van der Waals surface area contributed by atoms with Crippen molar-refractivity contribution < 1.29 is 18.7 Å². The predicted octanol–water partition coefficient (Wildman–Crippen LogP) is 1.15. The monoisotopic (exact) mass is 377 g/mol. The number of halogens is 1. The summed E-state index contributed by atoms with van der Waals surface area (Å²) in [7, 11) is 1.64. The molecule has 2 fully saturated rings. The maximum atomic E-state index is 13.8. The Labute approximate surface area is 159 Å². The molecule has 1 aromatic carbocycles. The number of carbonyl (C=O) groups is 2. The molecule has 27 heavy (non-hydrogen) atoms. The van der Waals surface area contributed by atoms with Crippen molar-refractivity contribution >= 4 is 11.8 Å². The normalized spacial score (nSPS) is 21.6. The van der Waals surface area contributed by atoms with Crippen LogP contribution >= 0.6 is 0 Å². The van der Waals surface area contributed by atoms with E-state index in [4.69, 9.17) is 4.74 Å². The third-order valence-corrected chi connectivity index (χ3v) is 5.46. The lowest BCUT2D eigenvalue weighted by molar-refractivity contribution is -0.132. The van der Waals surface area contributed by atoms with Crippen molar-refractivity contribution in [3.63, 3.8) is 0 Å². The number of likely N-dealkylation sites (tertiary alicyclic amines) is 1. The van der Waals surface area contributed by atoms with Gasteiger partial charge in [0.15, 0.2) is 0 Å². The lowest BCUT2D eigenvalue weighted by Gasteiger charge is -2.26. The molecule has 0 unspecified atom stereocenters. The first-order chi connectivity index (χ1) is 13.1. The fraction of sp³-hybridized carbons (Fsp3) is 0.600. The summed E-state index contributed by atoms with van der Waals surface area (Å²) in [6.45, 7) is 4.66. The molecule has 148 valence electrons. The van der Waals surface area contributed by atoms with E-state index in [1.54, 1.807) is 30.2 Å². The molecule has 2 amide bonds. The van der Waals surface area contributed by atoms with Gasteiger partial charge < -0.3 is 14.5 Å². The molecular weight excluding hydrogens is 349 g/mol. The predicted molar refractivity (Wildman–Crippen MR) is 99.7 cm³/mol. The second kappa shape index (κ2) is 9.28. The summed E-state index contributed by atoms with van der Waals surface area (Å²) in [5, 5.41) is 0. The van der Waals surface area contributed by atoms with Gasteiger partial charge >= 0.3 is 0 Å². The van der Waals surface area contributed by atoms with Crippen LogP contribution in [0.2, 0.25) is 0 Å². The summed E-state index contributed by atoms with van der Waals surface area (Å²) in [6, 6.07) is 6.32. The van der Waals surface area contributed by atoms with Crippen molar-refractivity contribution in [1.29, 1.82) is 0 Å². The summed E-state index contributed by atoms with van der Waals surface area (Å²) >= 11 is 0. The van der Waals surface area contributed by atoms with Gasteiger partial charge in [-0.1, -0.05) is 18.2 Å². The van der Waals surface area contributed by atoms with E-state index in [2.05, 4.69) is 4.90 Å². The summed E-state index contributed by atoms with van der Waals surface area (Å²) in [5.41, 5.74) is 0.434. The number of rotatable bonds is 6. The highest BCUT2D eigenvalue weighted by Crippen LogP contribution is 2.19. The number of benzene rings is 1. The van der Waals surface area contributed by atoms with Crippen LogP contribution in [0.4, 0.5) is 4.39 Å². The molecule has 3 rings (SSSR count). The maximum absolute atomic E-state index is 13.8. The van der Waals surface area contributed by atoms with Gasteiger partial charge in [-0.25, -0.2) is 4.39 Å². The summed E-state index contributed by atoms with van der Waals surface area (Å²) < 4.78 is 18.9. The van der Waals surface area contributed by atoms with Gasteiger partial charge in [-0.05, 0) is 24.5 Å². The molecular formula is C20H28FN3O3. The van der Waals surface area contributed by atoms with Crippen molar-refractivity contribution in [1.82, 2.24) is 14.7 Å². The van der Waals surface area contributed by atoms with Crippen molar-refractivity contribution in [3.8, 4) is 0 Å². The Morgan fingerprint density at radius 2 is 2.00 bits per heavy atom. The molecule has 0 saturated carbocycles. The number of ether oxygens (including phenoxy) is 1. The van der Waals surface area contributed by atoms with Gasteiger partial charge in [0.25, 0.3) is 0 Å². The molecule has 0 bridgehead atoms. The largest absolute Gasteiger partial charge is 0.383 e. The SMILES string of the molecule is COCCN1CC[C@H](N2CCCN(C(=O)Cc3ccccc3F)CC2)C1=O. The van der Waals surface area contributed by atoms with Crippen molar-refractivity contribution in [2.24, 2.45) is 0 Å². The van der Waals surface area contributed by atoms with Gasteiger partial charge in [-0.15, -0.1) is 0 Å². The van der Waals surface area contributed by atoms with Crippen molar-refractivity contribution in [3.05, 3.63) is 35.6 Å². The van der Waals surface area contributed by atoms with E-state index in [9.17, 15) is 14.0 Å². The number of carbonyl (C=O) groups excluding carboxylic acids is 2. The average Bonchev–Trinajstić information content (AvgIpc) is 2.87. The molecule has 0 aliphatic carbocycles. The van der Waals surface area contributed by atoms with E-state index in [1.807, 2.05) is 4.90 Å². The molecule has 1 aromatic rings. The molecule has 1 atom stereocenters. The van der Waals surface area contributed by atoms with Crippen molar-refractivity contribution in [2.75, 3.05) is 53.0 Å². The van der Waals surface area contributed by atoms with E-state index >= 15 is 0 Å². The Kier molecular flexibility index (Phi) is 6.79. The lowest BCUT2D eigenvalue weighted by atomic mass is 10.1. The summed E-state index contributed by atoms with van der Waals surface area (Å²) in [5.74, 6) is -0.227. The third-order valence-electron chi connectivity index (χ3n) is 5.46. The van der Waals surface area contributed by atoms with Crippen LogP contribution in [0, 0.1) is 5.82 Å². The van der Waals surface area contributed by atoms with Crippen LogP contribution in [-0.2, 0) is 20.7 Å². The molecule has 0 N–H and O–H groups in total. The van der Waals surface area contributed by atoms with Gasteiger partial charge in [0.1, 0.15) is 5.82 Å². The molecule has 2 saturated heterocycles. The number of hydrogen-bond donors (Lipinski definition) is 0. The maximum Gasteiger partial charge on any atom is 0.240 e. The summed E-state index contributed by atoms with van der Waals surface area (Å²) in [6.07, 6.45) is 1.73. The molecule has 2 aliphatic rings. The average molecular weight is 377 g/mol. The first kappa shape index (κ1) is 19.8. The second-order valence-corrected chi connectivity index (χ2v) is 7.16. The number of methoxy groups -OCH3 is 1. The van der Waals surface area contributed by atoms with Crippen LogP contribution in [0.5, 0.6) is 0 Å². The van der Waals surface area contributed by atoms with Crippen molar-refractivity contribution in [2.45, 2.75) is 25.3 Å². The van der Waals surface area contributed by atoms with Crippen LogP contribution in [0.3, 0.4) is 0 Å². The van der Waals surface area contributed by atoms with Gasteiger partial charge in [0, 0.05) is 46.4 Å². The Bertz CT molecular complexity index is 670. The standard InChI is InChI=1S/C20H28FN3O3/c1-27-14-13-24-10-7-18(20(24)26)22-8-4-9-23(12-11-22)19(25)15-16-5-2-3-6-17(16)21/h2-3,5-6,18H,4,7-15H2,1H3/t18-/m0/s1. The molecule has 7 heteroatoms. The quantitative estimate of drug-likeness (QED) is 0.746. The van der Waals surface area contributed by atoms with Crippen LogP contribution < -0.4 is 0 Å². The van der Waals surface area contributed by atoms with Crippen LogP contribution in [0.25, 0.3) is 0 Å². The molecule has 0 radical (unpaired) electrons. The zero-order chi connectivity index (χ0) is 19.2. The molecule has 2 aliphatic heterocycles. The number of amides is 2. The number of nitrogens with zero attached hydrogens (tertiary/aromatic N) is 3. The van der Waals surface area contributed by atoms with Gasteiger partial charge in [-0.3, -0.25) is 14.5 Å². The van der Waals surface area contributed by atoms with Crippen LogP contribution in [0.1, 0.15) is 18.4 Å². The zero-order valence-corrected chi connectivity index (χ0v) is 15.9. The van der Waals surface area contributed by atoms with Crippen LogP contribution in [-0.4, -0.2) is 85.5 Å². The van der Waals surface area contributed by atoms with Crippen LogP contribution in [0.15, 0.2) is 24.3 Å². The lowest BCUT2D eigenvalue weighted by Crippen LogP contribution is -2.44. The molecule has 0 spiro atoms. The van der Waals surface area contributed by atoms with E-state index in [-0.39, 0.29) is 30.1 Å². The first-order valence-electron chi connectivity index (χ1n) is 9.63. The minimum atomic E-state index is -0.338. The highest BCUT2D eigenvalue weighted by atomic mass is 19.1. The Balaban J connectivity index is 1.54. The molecule has 6 nitrogen and oxygen atoms in total. The zero-order valence-electron chi connectivity index (χ0n) is 15.9. The smallest absolute Gasteiger partial charge is 0.240 e. The van der Waals surface area contributed by atoms with E-state index in [0.717, 1.165) is 25.9 Å². The molecule has 0 aromatic heterocycles. The van der Waals surface area contributed by atoms with Gasteiger partial charge in [0.05, 0.1) is 19.1 Å². The Morgan fingerprint density at radius 3 is 2.78 bits per heavy atom. The Morgan fingerprint density at radius 1 is 1.19 bits per heavy atom. The minimum Gasteiger partial charge on any atom is -0.383 e.